The van der Waals surface area contributed by atoms with Crippen LogP contribution in [0.15, 0.2) is 30.5 Å². The number of aromatic nitrogens is 1. The van der Waals surface area contributed by atoms with Gasteiger partial charge in [0, 0.05) is 18.2 Å². The van der Waals surface area contributed by atoms with Gasteiger partial charge in [0.05, 0.1) is 11.2 Å². The van der Waals surface area contributed by atoms with Gasteiger partial charge in [0.2, 0.25) is 0 Å². The molecule has 5 heteroatoms. The molecule has 1 amide bonds. The zero-order valence-corrected chi connectivity index (χ0v) is 12.7. The van der Waals surface area contributed by atoms with Crippen molar-refractivity contribution >= 4 is 17.2 Å². The fourth-order valence-corrected chi connectivity index (χ4v) is 3.09. The van der Waals surface area contributed by atoms with E-state index in [-0.39, 0.29) is 17.8 Å². The molecule has 2 aromatic rings. The summed E-state index contributed by atoms with van der Waals surface area (Å²) in [5.74, 6) is -0.285. The van der Waals surface area contributed by atoms with Gasteiger partial charge in [0.15, 0.2) is 0 Å². The lowest BCUT2D eigenvalue weighted by Gasteiger charge is -2.22. The number of rotatable bonds is 5. The number of hydrogen-bond acceptors (Lipinski definition) is 3. The Morgan fingerprint density at radius 3 is 2.81 bits per heavy atom. The van der Waals surface area contributed by atoms with Gasteiger partial charge in [-0.15, -0.1) is 11.3 Å². The highest BCUT2D eigenvalue weighted by atomic mass is 32.1. The summed E-state index contributed by atoms with van der Waals surface area (Å²) in [7, 11) is 0. The van der Waals surface area contributed by atoms with Crippen molar-refractivity contribution in [2.24, 2.45) is 0 Å². The molecule has 21 heavy (non-hydrogen) atoms. The van der Waals surface area contributed by atoms with E-state index in [1.807, 2.05) is 6.92 Å². The minimum Gasteiger partial charge on any atom is -0.330 e. The van der Waals surface area contributed by atoms with Gasteiger partial charge in [-0.3, -0.25) is 4.79 Å². The summed E-state index contributed by atoms with van der Waals surface area (Å²) in [4.78, 5) is 19.3. The first-order valence-electron chi connectivity index (χ1n) is 7.18. The number of hydrogen-bond donors (Lipinski definition) is 0. The highest BCUT2D eigenvalue weighted by molar-refractivity contribution is 7.13. The smallest absolute Gasteiger partial charge is 0.266 e. The third-order valence-corrected chi connectivity index (χ3v) is 4.74. The van der Waals surface area contributed by atoms with Crippen molar-refractivity contribution in [2.75, 3.05) is 0 Å². The minimum atomic E-state index is -0.255. The lowest BCUT2D eigenvalue weighted by Crippen LogP contribution is -2.32. The molecule has 0 atom stereocenters. The molecule has 0 radical (unpaired) electrons. The SMILES string of the molecule is CCc1ncc(C(=O)N(Cc2ccccc2F)C2CC2)s1. The number of thiazole rings is 1. The van der Waals surface area contributed by atoms with Crippen molar-refractivity contribution in [1.82, 2.24) is 9.88 Å². The van der Waals surface area contributed by atoms with Crippen LogP contribution in [0.5, 0.6) is 0 Å². The predicted octanol–water partition coefficient (Wildman–Crippen LogP) is 3.65. The molecule has 1 aromatic heterocycles. The molecule has 110 valence electrons. The molecule has 0 spiro atoms. The molecule has 0 aliphatic heterocycles. The second-order valence-corrected chi connectivity index (χ2v) is 6.34. The Kier molecular flexibility index (Phi) is 4.01. The molecular weight excluding hydrogens is 287 g/mol. The number of benzene rings is 1. The summed E-state index contributed by atoms with van der Waals surface area (Å²) in [5, 5.41) is 0.958. The quantitative estimate of drug-likeness (QED) is 0.845. The second kappa shape index (κ2) is 5.93. The van der Waals surface area contributed by atoms with E-state index in [0.717, 1.165) is 24.3 Å². The van der Waals surface area contributed by atoms with E-state index in [4.69, 9.17) is 0 Å². The largest absolute Gasteiger partial charge is 0.330 e. The maximum Gasteiger partial charge on any atom is 0.266 e. The first-order valence-corrected chi connectivity index (χ1v) is 7.99. The third kappa shape index (κ3) is 3.13. The molecule has 3 nitrogen and oxygen atoms in total. The zero-order chi connectivity index (χ0) is 14.8. The molecule has 1 aliphatic rings. The Balaban J connectivity index is 1.81. The molecule has 3 rings (SSSR count). The lowest BCUT2D eigenvalue weighted by atomic mass is 10.2. The van der Waals surface area contributed by atoms with E-state index in [9.17, 15) is 9.18 Å². The number of carbonyl (C=O) groups is 1. The summed E-state index contributed by atoms with van der Waals surface area (Å²) in [6.45, 7) is 2.35. The van der Waals surface area contributed by atoms with Gasteiger partial charge >= 0.3 is 0 Å². The van der Waals surface area contributed by atoms with Crippen molar-refractivity contribution in [3.8, 4) is 0 Å². The van der Waals surface area contributed by atoms with Crippen LogP contribution in [0.25, 0.3) is 0 Å². The van der Waals surface area contributed by atoms with Gasteiger partial charge in [0.25, 0.3) is 5.91 Å². The Morgan fingerprint density at radius 2 is 2.19 bits per heavy atom. The van der Waals surface area contributed by atoms with Gasteiger partial charge in [0.1, 0.15) is 10.7 Å². The van der Waals surface area contributed by atoms with Crippen LogP contribution < -0.4 is 0 Å². The van der Waals surface area contributed by atoms with Crippen LogP contribution in [-0.4, -0.2) is 21.8 Å². The van der Waals surface area contributed by atoms with Crippen LogP contribution in [0.1, 0.15) is 40.0 Å². The standard InChI is InChI=1S/C16H17FN2OS/c1-2-15-18-9-14(21-15)16(20)19(12-7-8-12)10-11-5-3-4-6-13(11)17/h3-6,9,12H,2,7-8,10H2,1H3. The van der Waals surface area contributed by atoms with Crippen LogP contribution in [-0.2, 0) is 13.0 Å². The maximum absolute atomic E-state index is 13.8. The van der Waals surface area contributed by atoms with E-state index in [2.05, 4.69) is 4.98 Å². The molecule has 0 N–H and O–H groups in total. The van der Waals surface area contributed by atoms with Crippen molar-refractivity contribution in [3.63, 3.8) is 0 Å². The minimum absolute atomic E-state index is 0.0297. The Labute approximate surface area is 127 Å². The highest BCUT2D eigenvalue weighted by Crippen LogP contribution is 2.31. The average Bonchev–Trinajstić information content (AvgIpc) is 3.22. The van der Waals surface area contributed by atoms with Gasteiger partial charge in [-0.25, -0.2) is 9.37 Å². The van der Waals surface area contributed by atoms with Crippen LogP contribution in [0, 0.1) is 5.82 Å². The van der Waals surface area contributed by atoms with Crippen LogP contribution in [0.3, 0.4) is 0 Å². The Morgan fingerprint density at radius 1 is 1.43 bits per heavy atom. The van der Waals surface area contributed by atoms with Crippen molar-refractivity contribution in [2.45, 2.75) is 38.8 Å². The van der Waals surface area contributed by atoms with E-state index in [1.54, 1.807) is 29.3 Å². The van der Waals surface area contributed by atoms with E-state index in [0.29, 0.717) is 17.0 Å². The van der Waals surface area contributed by atoms with E-state index >= 15 is 0 Å². The van der Waals surface area contributed by atoms with E-state index in [1.165, 1.54) is 17.4 Å². The van der Waals surface area contributed by atoms with E-state index < -0.39 is 0 Å². The maximum atomic E-state index is 13.8. The molecule has 0 saturated heterocycles. The molecule has 1 aromatic carbocycles. The Bertz CT molecular complexity index is 651. The Hall–Kier alpha value is -1.75. The van der Waals surface area contributed by atoms with Crippen molar-refractivity contribution in [1.29, 1.82) is 0 Å². The highest BCUT2D eigenvalue weighted by Gasteiger charge is 2.34. The summed E-state index contributed by atoms with van der Waals surface area (Å²) in [6.07, 6.45) is 4.47. The molecular formula is C16H17FN2OS. The first-order chi connectivity index (χ1) is 10.2. The summed E-state index contributed by atoms with van der Waals surface area (Å²) < 4.78 is 13.8. The number of aryl methyl sites for hydroxylation is 1. The molecule has 1 aliphatic carbocycles. The summed E-state index contributed by atoms with van der Waals surface area (Å²) in [5.41, 5.74) is 0.568. The number of nitrogens with zero attached hydrogens (tertiary/aromatic N) is 2. The number of amides is 1. The molecule has 0 unspecified atom stereocenters. The fraction of sp³-hybridized carbons (Fsp3) is 0.375. The van der Waals surface area contributed by atoms with Gasteiger partial charge in [-0.2, -0.15) is 0 Å². The van der Waals surface area contributed by atoms with Crippen LogP contribution in [0.2, 0.25) is 0 Å². The van der Waals surface area contributed by atoms with Gasteiger partial charge < -0.3 is 4.90 Å². The van der Waals surface area contributed by atoms with Gasteiger partial charge in [-0.1, -0.05) is 25.1 Å². The normalized spacial score (nSPS) is 14.2. The molecule has 1 fully saturated rings. The number of carbonyl (C=O) groups excluding carboxylic acids is 1. The third-order valence-electron chi connectivity index (χ3n) is 3.61. The predicted molar refractivity (Wildman–Crippen MR) is 80.8 cm³/mol. The second-order valence-electron chi connectivity index (χ2n) is 5.23. The number of halogens is 1. The monoisotopic (exact) mass is 304 g/mol. The first kappa shape index (κ1) is 14.2. The topological polar surface area (TPSA) is 33.2 Å². The van der Waals surface area contributed by atoms with Crippen molar-refractivity contribution in [3.05, 3.63) is 51.7 Å². The fourth-order valence-electron chi connectivity index (χ4n) is 2.28. The molecule has 1 heterocycles. The average molecular weight is 304 g/mol. The molecule has 1 saturated carbocycles. The van der Waals surface area contributed by atoms with Crippen LogP contribution in [0.4, 0.5) is 4.39 Å². The lowest BCUT2D eigenvalue weighted by molar-refractivity contribution is 0.0733. The van der Waals surface area contributed by atoms with Crippen molar-refractivity contribution < 1.29 is 9.18 Å². The zero-order valence-electron chi connectivity index (χ0n) is 11.9. The summed E-state index contributed by atoms with van der Waals surface area (Å²) >= 11 is 1.43. The summed E-state index contributed by atoms with van der Waals surface area (Å²) in [6, 6.07) is 6.88. The molecule has 0 bridgehead atoms. The van der Waals surface area contributed by atoms with Gasteiger partial charge in [-0.05, 0) is 25.3 Å². The van der Waals surface area contributed by atoms with Crippen LogP contribution >= 0.6 is 11.3 Å².